The predicted molar refractivity (Wildman–Crippen MR) is 138 cm³/mol. The van der Waals surface area contributed by atoms with E-state index in [1.165, 1.54) is 42.6 Å². The van der Waals surface area contributed by atoms with Crippen molar-refractivity contribution in [1.29, 1.82) is 0 Å². The van der Waals surface area contributed by atoms with E-state index >= 15 is 0 Å². The third-order valence-corrected chi connectivity index (χ3v) is 7.17. The number of amides is 1. The zero-order valence-corrected chi connectivity index (χ0v) is 20.9. The van der Waals surface area contributed by atoms with Crippen molar-refractivity contribution >= 4 is 61.4 Å². The average molecular weight is 537 g/mol. The number of nitro groups is 1. The smallest absolute Gasteiger partial charge is 0.301 e. The van der Waals surface area contributed by atoms with Crippen LogP contribution in [0.2, 0.25) is 5.02 Å². The van der Waals surface area contributed by atoms with E-state index in [2.05, 4.69) is 9.97 Å². The molecule has 1 aliphatic rings. The Kier molecular flexibility index (Phi) is 6.10. The van der Waals surface area contributed by atoms with Crippen LogP contribution >= 0.6 is 22.9 Å². The Balaban J connectivity index is 1.75. The summed E-state index contributed by atoms with van der Waals surface area (Å²) in [5.41, 5.74) is 1.41. The van der Waals surface area contributed by atoms with Gasteiger partial charge in [-0.2, -0.15) is 0 Å². The molecule has 1 atom stereocenters. The zero-order chi connectivity index (χ0) is 26.4. The number of benzene rings is 2. The number of pyridine rings is 1. The summed E-state index contributed by atoms with van der Waals surface area (Å²) in [7, 11) is 1.38. The standard InChI is InChI=1S/C25H17ClN4O6S/c1-12-8-15(23(36-2)16(26)9-12)21(31)19-20(13-4-3-7-27-11-13)29(24(33)22(19)32)25-28-17-6-5-14(30(34)35)10-18(17)37-25/h3-11,20,31H,1-2H3/b21-19+. The molecule has 1 saturated heterocycles. The maximum Gasteiger partial charge on any atom is 0.301 e. The first-order valence-corrected chi connectivity index (χ1v) is 12.0. The van der Waals surface area contributed by atoms with Crippen molar-refractivity contribution in [3.63, 3.8) is 0 Å². The van der Waals surface area contributed by atoms with E-state index in [0.717, 1.165) is 11.3 Å². The van der Waals surface area contributed by atoms with Crippen LogP contribution in [0.4, 0.5) is 10.8 Å². The Hall–Kier alpha value is -4.35. The largest absolute Gasteiger partial charge is 0.507 e. The fourth-order valence-corrected chi connectivity index (χ4v) is 5.63. The Morgan fingerprint density at radius 2 is 2.03 bits per heavy atom. The molecule has 0 saturated carbocycles. The van der Waals surface area contributed by atoms with Crippen molar-refractivity contribution in [1.82, 2.24) is 9.97 Å². The molecule has 10 nitrogen and oxygen atoms in total. The number of anilines is 1. The summed E-state index contributed by atoms with van der Waals surface area (Å²) in [4.78, 5) is 47.2. The van der Waals surface area contributed by atoms with Crippen molar-refractivity contribution in [2.24, 2.45) is 0 Å². The van der Waals surface area contributed by atoms with Crippen LogP contribution in [0.15, 0.2) is 60.4 Å². The van der Waals surface area contributed by atoms with Gasteiger partial charge in [0, 0.05) is 24.5 Å². The molecule has 12 heteroatoms. The fraction of sp³-hybridized carbons (Fsp3) is 0.120. The minimum absolute atomic E-state index is 0.128. The minimum Gasteiger partial charge on any atom is -0.507 e. The zero-order valence-electron chi connectivity index (χ0n) is 19.3. The van der Waals surface area contributed by atoms with Crippen LogP contribution in [0, 0.1) is 17.0 Å². The van der Waals surface area contributed by atoms with Crippen LogP contribution < -0.4 is 9.64 Å². The van der Waals surface area contributed by atoms with E-state index in [4.69, 9.17) is 16.3 Å². The highest BCUT2D eigenvalue weighted by Crippen LogP contribution is 2.46. The summed E-state index contributed by atoms with van der Waals surface area (Å²) < 4.78 is 5.84. The van der Waals surface area contributed by atoms with Gasteiger partial charge in [0.1, 0.15) is 11.5 Å². The first-order chi connectivity index (χ1) is 17.7. The number of aryl methyl sites for hydroxylation is 1. The molecular formula is C25H17ClN4O6S. The van der Waals surface area contributed by atoms with Crippen LogP contribution in [0.3, 0.4) is 0 Å². The number of fused-ring (bicyclic) bond motifs is 1. The van der Waals surface area contributed by atoms with Crippen molar-refractivity contribution in [2.45, 2.75) is 13.0 Å². The first-order valence-electron chi connectivity index (χ1n) is 10.8. The highest BCUT2D eigenvalue weighted by Gasteiger charge is 2.48. The van der Waals surface area contributed by atoms with Crippen molar-refractivity contribution < 1.29 is 24.4 Å². The highest BCUT2D eigenvalue weighted by molar-refractivity contribution is 7.22. The third-order valence-electron chi connectivity index (χ3n) is 5.87. The number of nitrogens with zero attached hydrogens (tertiary/aromatic N) is 4. The van der Waals surface area contributed by atoms with Crippen LogP contribution in [-0.4, -0.2) is 38.8 Å². The molecule has 37 heavy (non-hydrogen) atoms. The number of Topliss-reactive ketones (excluding diaryl/α,β-unsaturated/α-hetero) is 1. The normalized spacial score (nSPS) is 16.9. The molecule has 1 unspecified atom stereocenters. The number of hydrogen-bond donors (Lipinski definition) is 1. The van der Waals surface area contributed by atoms with E-state index < -0.39 is 28.4 Å². The number of aliphatic hydroxyl groups excluding tert-OH is 1. The molecule has 1 N–H and O–H groups in total. The van der Waals surface area contributed by atoms with E-state index in [-0.39, 0.29) is 32.7 Å². The van der Waals surface area contributed by atoms with Gasteiger partial charge in [0.05, 0.1) is 44.5 Å². The lowest BCUT2D eigenvalue weighted by atomic mass is 9.95. The van der Waals surface area contributed by atoms with Gasteiger partial charge in [-0.05, 0) is 42.3 Å². The molecule has 186 valence electrons. The number of carbonyl (C=O) groups is 2. The monoisotopic (exact) mass is 536 g/mol. The Morgan fingerprint density at radius 1 is 1.24 bits per heavy atom. The van der Waals surface area contributed by atoms with Gasteiger partial charge in [0.2, 0.25) is 0 Å². The van der Waals surface area contributed by atoms with Crippen LogP contribution in [0.1, 0.15) is 22.7 Å². The van der Waals surface area contributed by atoms with Crippen LogP contribution in [0.25, 0.3) is 16.0 Å². The average Bonchev–Trinajstić information content (AvgIpc) is 3.41. The second-order valence-electron chi connectivity index (χ2n) is 8.19. The molecule has 3 heterocycles. The lowest BCUT2D eigenvalue weighted by Crippen LogP contribution is -2.29. The number of carbonyl (C=O) groups excluding carboxylic acids is 2. The molecule has 1 aliphatic heterocycles. The maximum absolute atomic E-state index is 13.4. The Morgan fingerprint density at radius 3 is 2.70 bits per heavy atom. The minimum atomic E-state index is -1.08. The highest BCUT2D eigenvalue weighted by atomic mass is 35.5. The number of ether oxygens (including phenoxy) is 1. The molecule has 0 bridgehead atoms. The fourth-order valence-electron chi connectivity index (χ4n) is 4.26. The Labute approximate surface area is 218 Å². The quantitative estimate of drug-likeness (QED) is 0.121. The van der Waals surface area contributed by atoms with Crippen LogP contribution in [-0.2, 0) is 9.59 Å². The molecule has 0 aliphatic carbocycles. The van der Waals surface area contributed by atoms with Gasteiger partial charge in [-0.1, -0.05) is 29.0 Å². The summed E-state index contributed by atoms with van der Waals surface area (Å²) in [6, 6.07) is 9.62. The molecule has 0 radical (unpaired) electrons. The summed E-state index contributed by atoms with van der Waals surface area (Å²) in [6.07, 6.45) is 3.02. The SMILES string of the molecule is COc1c(Cl)cc(C)cc1/C(O)=C1\C(=O)C(=O)N(c2nc3ccc([N+](=O)[O-])cc3s2)C1c1cccnc1. The lowest BCUT2D eigenvalue weighted by Gasteiger charge is -2.23. The number of thiazole rings is 1. The number of hydrogen-bond acceptors (Lipinski definition) is 9. The number of rotatable bonds is 5. The molecule has 1 amide bonds. The second kappa shape index (κ2) is 9.26. The van der Waals surface area contributed by atoms with Gasteiger partial charge in [-0.3, -0.25) is 29.6 Å². The molecular weight excluding hydrogens is 520 g/mol. The number of non-ortho nitro benzene ring substituents is 1. The van der Waals surface area contributed by atoms with Crippen molar-refractivity contribution in [2.75, 3.05) is 12.0 Å². The van der Waals surface area contributed by atoms with Gasteiger partial charge in [-0.25, -0.2) is 4.98 Å². The van der Waals surface area contributed by atoms with Gasteiger partial charge < -0.3 is 9.84 Å². The summed E-state index contributed by atoms with van der Waals surface area (Å²) in [6.45, 7) is 1.76. The molecule has 4 aromatic rings. The Bertz CT molecular complexity index is 1640. The van der Waals surface area contributed by atoms with E-state index in [0.29, 0.717) is 21.3 Å². The number of aromatic nitrogens is 2. The van der Waals surface area contributed by atoms with E-state index in [1.54, 1.807) is 31.2 Å². The molecule has 2 aromatic heterocycles. The first kappa shape index (κ1) is 24.3. The number of halogens is 1. The second-order valence-corrected chi connectivity index (χ2v) is 9.60. The third kappa shape index (κ3) is 4.07. The summed E-state index contributed by atoms with van der Waals surface area (Å²) in [5.74, 6) is -2.17. The number of methoxy groups -OCH3 is 1. The van der Waals surface area contributed by atoms with E-state index in [9.17, 15) is 24.8 Å². The van der Waals surface area contributed by atoms with Gasteiger partial charge >= 0.3 is 5.91 Å². The van der Waals surface area contributed by atoms with Gasteiger partial charge in [-0.15, -0.1) is 0 Å². The topological polar surface area (TPSA) is 136 Å². The number of ketones is 1. The van der Waals surface area contributed by atoms with E-state index in [1.807, 2.05) is 0 Å². The van der Waals surface area contributed by atoms with Crippen molar-refractivity contribution in [3.05, 3.63) is 92.3 Å². The summed E-state index contributed by atoms with van der Waals surface area (Å²) in [5, 5.41) is 23.0. The molecule has 2 aromatic carbocycles. The molecule has 0 spiro atoms. The van der Waals surface area contributed by atoms with Crippen LogP contribution in [0.5, 0.6) is 5.75 Å². The number of nitro benzene ring substituents is 1. The summed E-state index contributed by atoms with van der Waals surface area (Å²) >= 11 is 7.34. The maximum atomic E-state index is 13.4. The molecule has 5 rings (SSSR count). The van der Waals surface area contributed by atoms with Crippen molar-refractivity contribution in [3.8, 4) is 5.75 Å². The van der Waals surface area contributed by atoms with Gasteiger partial charge in [0.15, 0.2) is 5.13 Å². The molecule has 1 fully saturated rings. The van der Waals surface area contributed by atoms with Gasteiger partial charge in [0.25, 0.3) is 11.5 Å². The predicted octanol–water partition coefficient (Wildman–Crippen LogP) is 5.20. The number of aliphatic hydroxyl groups is 1. The lowest BCUT2D eigenvalue weighted by molar-refractivity contribution is -0.384.